The second kappa shape index (κ2) is 19.5. The monoisotopic (exact) mass is 412 g/mol. The number of carbonyl (C=O) groups excluding carboxylic acids is 1. The lowest BCUT2D eigenvalue weighted by Gasteiger charge is -2.04. The smallest absolute Gasteiger partial charge is 0.305 e. The number of hydrogen-bond acceptors (Lipinski definition) is 2. The van der Waals surface area contributed by atoms with E-state index in [9.17, 15) is 4.79 Å². The van der Waals surface area contributed by atoms with E-state index in [1.54, 1.807) is 0 Å². The van der Waals surface area contributed by atoms with Crippen LogP contribution in [-0.2, 0) is 9.53 Å². The molecule has 0 saturated carbocycles. The molecule has 0 spiro atoms. The molecular weight excluding hydrogens is 376 g/mol. The minimum atomic E-state index is -0.0451. The number of carbonyl (C=O) groups is 1. The maximum absolute atomic E-state index is 11.6. The molecule has 0 aromatic rings. The molecule has 0 unspecified atom stereocenters. The molecule has 3 heteroatoms. The van der Waals surface area contributed by atoms with Crippen LogP contribution in [0.5, 0.6) is 0 Å². The van der Waals surface area contributed by atoms with Crippen molar-refractivity contribution in [3.05, 3.63) is 36.5 Å². The number of ether oxygens (including phenoxy) is 1. The fraction of sp³-hybridized carbons (Fsp3) is 0.682. The van der Waals surface area contributed by atoms with Gasteiger partial charge in [0.1, 0.15) is 0 Å². The Hall–Kier alpha value is -0.830. The number of hydrogen-bond donors (Lipinski definition) is 0. The Kier molecular flexibility index (Phi) is 18.8. The van der Waals surface area contributed by atoms with Gasteiger partial charge in [-0.15, -0.1) is 0 Å². The molecule has 0 heterocycles. The molecule has 0 bridgehead atoms. The summed E-state index contributed by atoms with van der Waals surface area (Å²) in [6.07, 6.45) is 21.3. The lowest BCUT2D eigenvalue weighted by Crippen LogP contribution is -2.05. The van der Waals surface area contributed by atoms with Gasteiger partial charge in [0, 0.05) is 11.8 Å². The van der Waals surface area contributed by atoms with Crippen molar-refractivity contribution in [1.29, 1.82) is 0 Å². The van der Waals surface area contributed by atoms with Crippen LogP contribution in [0.3, 0.4) is 0 Å². The van der Waals surface area contributed by atoms with Crippen molar-refractivity contribution in [3.8, 4) is 0 Å². The Balaban J connectivity index is 3.66. The van der Waals surface area contributed by atoms with E-state index >= 15 is 0 Å². The first-order valence-corrected chi connectivity index (χ1v) is 11.1. The summed E-state index contributed by atoms with van der Waals surface area (Å²) in [5.74, 6) is -0.0451. The van der Waals surface area contributed by atoms with Gasteiger partial charge in [0.05, 0.1) is 6.61 Å². The fourth-order valence-corrected chi connectivity index (χ4v) is 2.94. The molecule has 0 N–H and O–H groups in total. The summed E-state index contributed by atoms with van der Waals surface area (Å²) in [4.78, 5) is 11.6. The summed E-state index contributed by atoms with van der Waals surface area (Å²) in [7, 11) is 0. The Labute approximate surface area is 163 Å². The molecular formula is C22H37BrO2. The third kappa shape index (κ3) is 17.8. The fourth-order valence-electron chi connectivity index (χ4n) is 2.54. The van der Waals surface area contributed by atoms with Crippen LogP contribution in [0, 0.1) is 0 Å². The van der Waals surface area contributed by atoms with Gasteiger partial charge in [-0.2, -0.15) is 0 Å². The highest BCUT2D eigenvalue weighted by Gasteiger charge is 2.02. The first kappa shape index (κ1) is 24.2. The molecule has 2 nitrogen and oxygen atoms in total. The number of esters is 1. The standard InChI is InChI=1S/C22H37BrO2/c1-3-5-10-16-21(15-4-2)17-11-9-14-20-25-22(24)18-12-7-6-8-13-19-23/h4,11,15,17H,2-3,5-10,12-14,16,18-20H2,1H3/b17-11-,21-15-. The van der Waals surface area contributed by atoms with Crippen LogP contribution in [0.2, 0.25) is 0 Å². The van der Waals surface area contributed by atoms with Gasteiger partial charge in [-0.3, -0.25) is 4.79 Å². The first-order chi connectivity index (χ1) is 12.2. The van der Waals surface area contributed by atoms with E-state index in [1.807, 2.05) is 6.08 Å². The Morgan fingerprint density at radius 3 is 2.44 bits per heavy atom. The van der Waals surface area contributed by atoms with Gasteiger partial charge < -0.3 is 4.74 Å². The molecule has 0 aromatic carbocycles. The van der Waals surface area contributed by atoms with Crippen molar-refractivity contribution in [3.63, 3.8) is 0 Å². The largest absolute Gasteiger partial charge is 0.466 e. The predicted octanol–water partition coefficient (Wildman–Crippen LogP) is 7.29. The number of unbranched alkanes of at least 4 members (excludes halogenated alkanes) is 7. The number of allylic oxidation sites excluding steroid dienone is 5. The summed E-state index contributed by atoms with van der Waals surface area (Å²) in [5, 5.41) is 1.08. The summed E-state index contributed by atoms with van der Waals surface area (Å²) < 4.78 is 5.29. The molecule has 0 aliphatic heterocycles. The molecule has 0 fully saturated rings. The summed E-state index contributed by atoms with van der Waals surface area (Å²) >= 11 is 3.43. The molecule has 0 atom stereocenters. The molecule has 25 heavy (non-hydrogen) atoms. The highest BCUT2D eigenvalue weighted by molar-refractivity contribution is 9.09. The second-order valence-electron chi connectivity index (χ2n) is 6.41. The van der Waals surface area contributed by atoms with Crippen molar-refractivity contribution >= 4 is 21.9 Å². The maximum atomic E-state index is 11.6. The van der Waals surface area contributed by atoms with Crippen molar-refractivity contribution in [1.82, 2.24) is 0 Å². The molecule has 0 aliphatic carbocycles. The molecule has 0 rings (SSSR count). The summed E-state index contributed by atoms with van der Waals surface area (Å²) in [6, 6.07) is 0. The SMILES string of the molecule is C=C/C=C(\C=C/CCCOC(=O)CCCCCCCBr)CCCCC. The lowest BCUT2D eigenvalue weighted by atomic mass is 10.1. The molecule has 0 amide bonds. The van der Waals surface area contributed by atoms with Crippen LogP contribution < -0.4 is 0 Å². The normalized spacial score (nSPS) is 11.8. The average Bonchev–Trinajstić information content (AvgIpc) is 2.61. The van der Waals surface area contributed by atoms with E-state index in [0.29, 0.717) is 13.0 Å². The van der Waals surface area contributed by atoms with Crippen molar-refractivity contribution in [2.24, 2.45) is 0 Å². The molecule has 0 radical (unpaired) electrons. The van der Waals surface area contributed by atoms with Crippen LogP contribution in [0.4, 0.5) is 0 Å². The van der Waals surface area contributed by atoms with Crippen LogP contribution >= 0.6 is 15.9 Å². The van der Waals surface area contributed by atoms with E-state index in [2.05, 4.69) is 47.7 Å². The highest BCUT2D eigenvalue weighted by Crippen LogP contribution is 2.11. The zero-order valence-corrected chi connectivity index (χ0v) is 17.7. The minimum Gasteiger partial charge on any atom is -0.466 e. The van der Waals surface area contributed by atoms with Gasteiger partial charge >= 0.3 is 5.97 Å². The van der Waals surface area contributed by atoms with E-state index in [-0.39, 0.29) is 5.97 Å². The van der Waals surface area contributed by atoms with Crippen molar-refractivity contribution in [2.75, 3.05) is 11.9 Å². The number of halogens is 1. The number of alkyl halides is 1. The average molecular weight is 413 g/mol. The zero-order chi connectivity index (χ0) is 18.6. The van der Waals surface area contributed by atoms with E-state index < -0.39 is 0 Å². The maximum Gasteiger partial charge on any atom is 0.305 e. The first-order valence-electron chi connectivity index (χ1n) is 9.94. The summed E-state index contributed by atoms with van der Waals surface area (Å²) in [6.45, 7) is 6.53. The second-order valence-corrected chi connectivity index (χ2v) is 7.20. The molecule has 144 valence electrons. The van der Waals surface area contributed by atoms with Gasteiger partial charge in [0.25, 0.3) is 0 Å². The summed E-state index contributed by atoms with van der Waals surface area (Å²) in [5.41, 5.74) is 1.33. The van der Waals surface area contributed by atoms with Crippen LogP contribution in [0.15, 0.2) is 36.5 Å². The zero-order valence-electron chi connectivity index (χ0n) is 16.1. The van der Waals surface area contributed by atoms with E-state index in [4.69, 9.17) is 4.74 Å². The number of rotatable bonds is 17. The Morgan fingerprint density at radius 2 is 1.72 bits per heavy atom. The van der Waals surface area contributed by atoms with Gasteiger partial charge in [0.2, 0.25) is 0 Å². The van der Waals surface area contributed by atoms with Crippen LogP contribution in [0.25, 0.3) is 0 Å². The van der Waals surface area contributed by atoms with Gasteiger partial charge in [-0.25, -0.2) is 0 Å². The van der Waals surface area contributed by atoms with Crippen LogP contribution in [0.1, 0.15) is 84.0 Å². The molecule has 0 saturated heterocycles. The lowest BCUT2D eigenvalue weighted by molar-refractivity contribution is -0.143. The third-order valence-electron chi connectivity index (χ3n) is 4.03. The molecule has 0 aliphatic rings. The third-order valence-corrected chi connectivity index (χ3v) is 4.59. The van der Waals surface area contributed by atoms with Gasteiger partial charge in [0.15, 0.2) is 0 Å². The highest BCUT2D eigenvalue weighted by atomic mass is 79.9. The predicted molar refractivity (Wildman–Crippen MR) is 113 cm³/mol. The van der Waals surface area contributed by atoms with Crippen molar-refractivity contribution < 1.29 is 9.53 Å². The molecule has 0 aromatic heterocycles. The Bertz CT molecular complexity index is 385. The van der Waals surface area contributed by atoms with Crippen molar-refractivity contribution in [2.45, 2.75) is 84.0 Å². The van der Waals surface area contributed by atoms with E-state index in [0.717, 1.165) is 37.4 Å². The van der Waals surface area contributed by atoms with Gasteiger partial charge in [-0.05, 0) is 44.1 Å². The van der Waals surface area contributed by atoms with Crippen LogP contribution in [-0.4, -0.2) is 17.9 Å². The Morgan fingerprint density at radius 1 is 1.00 bits per heavy atom. The van der Waals surface area contributed by atoms with Gasteiger partial charge in [-0.1, -0.05) is 85.8 Å². The topological polar surface area (TPSA) is 26.3 Å². The van der Waals surface area contributed by atoms with E-state index in [1.165, 1.54) is 44.1 Å². The minimum absolute atomic E-state index is 0.0451. The quantitative estimate of drug-likeness (QED) is 0.108.